The third-order valence-corrected chi connectivity index (χ3v) is 1.96. The van der Waals surface area contributed by atoms with Gasteiger partial charge in [-0.05, 0) is 24.1 Å². The third kappa shape index (κ3) is 5.46. The van der Waals surface area contributed by atoms with Crippen molar-refractivity contribution in [2.24, 2.45) is 0 Å². The van der Waals surface area contributed by atoms with E-state index in [4.69, 9.17) is 4.74 Å². The Labute approximate surface area is 94.2 Å². The van der Waals surface area contributed by atoms with Gasteiger partial charge in [-0.1, -0.05) is 12.1 Å². The van der Waals surface area contributed by atoms with Gasteiger partial charge in [0.2, 0.25) is 0 Å². The average Bonchev–Trinajstić information content (AvgIpc) is 2.23. The van der Waals surface area contributed by atoms with Crippen molar-refractivity contribution in [3.63, 3.8) is 0 Å². The fourth-order valence-electron chi connectivity index (χ4n) is 1.23. The summed E-state index contributed by atoms with van der Waals surface area (Å²) in [7, 11) is 0. The summed E-state index contributed by atoms with van der Waals surface area (Å²) in [5.74, 6) is -0.550. The first kappa shape index (κ1) is 12.6. The monoisotopic (exact) mass is 226 g/mol. The number of carbonyl (C=O) groups is 1. The second-order valence-electron chi connectivity index (χ2n) is 3.33. The number of hydrogen-bond donors (Lipinski definition) is 0. The number of rotatable bonds is 6. The Morgan fingerprint density at radius 1 is 1.31 bits per heavy atom. The van der Waals surface area contributed by atoms with E-state index in [1.54, 1.807) is 6.07 Å². The topological polar surface area (TPSA) is 35.5 Å². The first-order chi connectivity index (χ1) is 7.68. The van der Waals surface area contributed by atoms with Gasteiger partial charge in [0.1, 0.15) is 12.4 Å². The molecule has 0 aromatic heterocycles. The minimum absolute atomic E-state index is 0.239. The zero-order chi connectivity index (χ0) is 11.8. The second kappa shape index (κ2) is 6.95. The van der Waals surface area contributed by atoms with Crippen LogP contribution in [0.5, 0.6) is 0 Å². The minimum atomic E-state index is -0.311. The molecule has 4 heteroatoms. The highest BCUT2D eigenvalue weighted by molar-refractivity contribution is 5.65. The normalized spacial score (nSPS) is 10.1. The fourth-order valence-corrected chi connectivity index (χ4v) is 1.23. The fraction of sp³-hybridized carbons (Fsp3) is 0.417. The van der Waals surface area contributed by atoms with Crippen molar-refractivity contribution in [2.45, 2.75) is 13.3 Å². The van der Waals surface area contributed by atoms with Crippen LogP contribution in [-0.2, 0) is 20.7 Å². The molecule has 0 bridgehead atoms. The van der Waals surface area contributed by atoms with Gasteiger partial charge in [-0.3, -0.25) is 4.79 Å². The zero-order valence-corrected chi connectivity index (χ0v) is 9.24. The molecule has 0 saturated heterocycles. The van der Waals surface area contributed by atoms with Gasteiger partial charge in [-0.2, -0.15) is 0 Å². The summed E-state index contributed by atoms with van der Waals surface area (Å²) in [6.45, 7) is 2.48. The molecule has 0 atom stereocenters. The largest absolute Gasteiger partial charge is 0.463 e. The second-order valence-corrected chi connectivity index (χ2v) is 3.33. The molecule has 0 aliphatic heterocycles. The SMILES string of the molecule is CC(=O)OCCOCCc1cccc(F)c1. The van der Waals surface area contributed by atoms with Gasteiger partial charge in [0.05, 0.1) is 13.2 Å². The van der Waals surface area contributed by atoms with E-state index in [0.29, 0.717) is 19.6 Å². The van der Waals surface area contributed by atoms with Crippen molar-refractivity contribution in [2.75, 3.05) is 19.8 Å². The van der Waals surface area contributed by atoms with E-state index < -0.39 is 0 Å². The van der Waals surface area contributed by atoms with E-state index in [2.05, 4.69) is 4.74 Å². The van der Waals surface area contributed by atoms with Crippen LogP contribution >= 0.6 is 0 Å². The summed E-state index contributed by atoms with van der Waals surface area (Å²) in [4.78, 5) is 10.4. The number of ether oxygens (including phenoxy) is 2. The lowest BCUT2D eigenvalue weighted by Crippen LogP contribution is -2.09. The quantitative estimate of drug-likeness (QED) is 0.549. The van der Waals surface area contributed by atoms with Gasteiger partial charge < -0.3 is 9.47 Å². The van der Waals surface area contributed by atoms with E-state index in [-0.39, 0.29) is 18.4 Å². The molecule has 1 aromatic carbocycles. The molecule has 1 rings (SSSR count). The van der Waals surface area contributed by atoms with E-state index in [9.17, 15) is 9.18 Å². The average molecular weight is 226 g/mol. The molecule has 0 amide bonds. The lowest BCUT2D eigenvalue weighted by Gasteiger charge is -2.04. The van der Waals surface area contributed by atoms with Crippen molar-refractivity contribution in [1.29, 1.82) is 0 Å². The van der Waals surface area contributed by atoms with Crippen LogP contribution in [-0.4, -0.2) is 25.8 Å². The number of benzene rings is 1. The van der Waals surface area contributed by atoms with Crippen molar-refractivity contribution < 1.29 is 18.7 Å². The highest BCUT2D eigenvalue weighted by Gasteiger charge is 1.96. The van der Waals surface area contributed by atoms with Crippen LogP contribution in [0.15, 0.2) is 24.3 Å². The molecular formula is C12H15FO3. The van der Waals surface area contributed by atoms with Crippen molar-refractivity contribution in [3.8, 4) is 0 Å². The highest BCUT2D eigenvalue weighted by Crippen LogP contribution is 2.04. The molecule has 0 fully saturated rings. The third-order valence-electron chi connectivity index (χ3n) is 1.96. The van der Waals surface area contributed by atoms with Crippen molar-refractivity contribution >= 4 is 5.97 Å². The van der Waals surface area contributed by atoms with Gasteiger partial charge in [-0.15, -0.1) is 0 Å². The molecular weight excluding hydrogens is 211 g/mol. The van der Waals surface area contributed by atoms with Crippen LogP contribution in [0.2, 0.25) is 0 Å². The van der Waals surface area contributed by atoms with E-state index in [1.807, 2.05) is 6.07 Å². The molecule has 88 valence electrons. The van der Waals surface area contributed by atoms with Crippen LogP contribution in [0.25, 0.3) is 0 Å². The maximum Gasteiger partial charge on any atom is 0.302 e. The predicted octanol–water partition coefficient (Wildman–Crippen LogP) is 1.95. The first-order valence-corrected chi connectivity index (χ1v) is 5.14. The smallest absolute Gasteiger partial charge is 0.302 e. The Hall–Kier alpha value is -1.42. The standard InChI is InChI=1S/C12H15FO3/c1-10(14)16-8-7-15-6-5-11-3-2-4-12(13)9-11/h2-4,9H,5-8H2,1H3. The lowest BCUT2D eigenvalue weighted by atomic mass is 10.2. The van der Waals surface area contributed by atoms with Crippen LogP contribution in [0, 0.1) is 5.82 Å². The Balaban J connectivity index is 2.09. The highest BCUT2D eigenvalue weighted by atomic mass is 19.1. The maximum atomic E-state index is 12.8. The Bertz CT molecular complexity index is 339. The molecule has 0 aliphatic carbocycles. The Morgan fingerprint density at radius 3 is 2.81 bits per heavy atom. The lowest BCUT2D eigenvalue weighted by molar-refractivity contribution is -0.142. The van der Waals surface area contributed by atoms with Gasteiger partial charge in [0.15, 0.2) is 0 Å². The van der Waals surface area contributed by atoms with Crippen LogP contribution < -0.4 is 0 Å². The maximum absolute atomic E-state index is 12.8. The molecule has 1 aromatic rings. The summed E-state index contributed by atoms with van der Waals surface area (Å²) in [5.41, 5.74) is 0.896. The minimum Gasteiger partial charge on any atom is -0.463 e. The van der Waals surface area contributed by atoms with E-state index in [0.717, 1.165) is 5.56 Å². The van der Waals surface area contributed by atoms with Crippen LogP contribution in [0.3, 0.4) is 0 Å². The first-order valence-electron chi connectivity index (χ1n) is 5.14. The van der Waals surface area contributed by atoms with Crippen molar-refractivity contribution in [3.05, 3.63) is 35.6 Å². The molecule has 0 aliphatic rings. The summed E-state index contributed by atoms with van der Waals surface area (Å²) in [5, 5.41) is 0. The predicted molar refractivity (Wildman–Crippen MR) is 57.6 cm³/mol. The number of esters is 1. The van der Waals surface area contributed by atoms with Crippen LogP contribution in [0.4, 0.5) is 4.39 Å². The summed E-state index contributed by atoms with van der Waals surface area (Å²) < 4.78 is 22.7. The molecule has 0 spiro atoms. The summed E-state index contributed by atoms with van der Waals surface area (Å²) in [6.07, 6.45) is 0.651. The molecule has 16 heavy (non-hydrogen) atoms. The zero-order valence-electron chi connectivity index (χ0n) is 9.24. The van der Waals surface area contributed by atoms with Gasteiger partial charge in [-0.25, -0.2) is 4.39 Å². The van der Waals surface area contributed by atoms with E-state index >= 15 is 0 Å². The number of halogens is 1. The van der Waals surface area contributed by atoms with Gasteiger partial charge >= 0.3 is 5.97 Å². The summed E-state index contributed by atoms with van der Waals surface area (Å²) >= 11 is 0. The van der Waals surface area contributed by atoms with Gasteiger partial charge in [0, 0.05) is 6.92 Å². The molecule has 0 unspecified atom stereocenters. The Morgan fingerprint density at radius 2 is 2.12 bits per heavy atom. The van der Waals surface area contributed by atoms with Crippen molar-refractivity contribution in [1.82, 2.24) is 0 Å². The number of carbonyl (C=O) groups excluding carboxylic acids is 1. The van der Waals surface area contributed by atoms with Gasteiger partial charge in [0.25, 0.3) is 0 Å². The van der Waals surface area contributed by atoms with E-state index in [1.165, 1.54) is 19.1 Å². The van der Waals surface area contributed by atoms with Crippen LogP contribution in [0.1, 0.15) is 12.5 Å². The summed E-state index contributed by atoms with van der Waals surface area (Å²) in [6, 6.07) is 6.41. The molecule has 0 saturated carbocycles. The molecule has 0 N–H and O–H groups in total. The molecule has 0 radical (unpaired) electrons. The molecule has 3 nitrogen and oxygen atoms in total. The Kier molecular flexibility index (Phi) is 5.50. The molecule has 0 heterocycles. The number of hydrogen-bond acceptors (Lipinski definition) is 3.